The van der Waals surface area contributed by atoms with Crippen molar-refractivity contribution in [1.82, 2.24) is 39.5 Å². The predicted molar refractivity (Wildman–Crippen MR) is 260 cm³/mol. The van der Waals surface area contributed by atoms with Gasteiger partial charge in [-0.15, -0.1) is 23.3 Å². The van der Waals surface area contributed by atoms with Crippen molar-refractivity contribution >= 4 is 46.1 Å². The Labute approximate surface area is 433 Å². The smallest absolute Gasteiger partial charge is 0.581 e. The molecule has 6 aromatic carbocycles. The molecule has 4 aromatic heterocycles. The fraction of sp³-hybridized carbons (Fsp3) is 0.0690. The Balaban J connectivity index is 0.000000148. The standard InChI is InChI=1S/2C29H19N5.2Pt/c2*1-33-19-34(26-14-5-4-13-25(26)33)21-9-6-8-20(18-21)29(27-15-17-31-32-27)24-12-3-2-10-22(24)23-11-7-16-30-28(23)29;;/h2*2-17H,1H3;;/q;;2*+2. The Hall–Kier alpha value is -7.82. The number of fused-ring (bicyclic) bond motifs is 8. The molecule has 12 heteroatoms. The summed E-state index contributed by atoms with van der Waals surface area (Å²) in [5.41, 5.74) is 17.2. The summed E-state index contributed by atoms with van der Waals surface area (Å²) in [4.78, 5) is 9.82. The van der Waals surface area contributed by atoms with Crippen LogP contribution >= 0.6 is 0 Å². The molecule has 0 fully saturated rings. The van der Waals surface area contributed by atoms with Crippen molar-refractivity contribution in [2.45, 2.75) is 10.8 Å². The zero-order valence-corrected chi connectivity index (χ0v) is 42.1. The largest absolute Gasteiger partial charge is 2.00 e. The molecule has 4 aliphatic rings. The average molecular weight is 1270 g/mol. The van der Waals surface area contributed by atoms with Crippen molar-refractivity contribution in [2.75, 3.05) is 14.1 Å². The first-order chi connectivity index (χ1) is 33.6. The number of hydrogen-bond acceptors (Lipinski definition) is 4. The molecule has 0 spiro atoms. The second-order valence-corrected chi connectivity index (χ2v) is 17.1. The van der Waals surface area contributed by atoms with Crippen LogP contribution in [0.2, 0.25) is 0 Å². The van der Waals surface area contributed by atoms with Gasteiger partial charge in [-0.2, -0.15) is 36.7 Å². The summed E-state index contributed by atoms with van der Waals surface area (Å²) in [6.45, 7) is 0. The first-order valence-corrected chi connectivity index (χ1v) is 22.4. The summed E-state index contributed by atoms with van der Waals surface area (Å²) in [6, 6.07) is 72.6. The van der Waals surface area contributed by atoms with Crippen molar-refractivity contribution < 1.29 is 51.3 Å². The maximum atomic E-state index is 4.91. The third-order valence-electron chi connectivity index (χ3n) is 13.6. The summed E-state index contributed by atoms with van der Waals surface area (Å²) in [5.74, 6) is 0. The molecule has 14 rings (SSSR count). The van der Waals surface area contributed by atoms with Gasteiger partial charge in [-0.05, 0) is 34.4 Å². The topological polar surface area (TPSA) is 91.8 Å². The number of rotatable bonds is 6. The summed E-state index contributed by atoms with van der Waals surface area (Å²) in [7, 11) is 4.02. The van der Waals surface area contributed by atoms with E-state index in [0.717, 1.165) is 101 Å². The Morgan fingerprint density at radius 2 is 0.829 bits per heavy atom. The first-order valence-electron chi connectivity index (χ1n) is 22.4. The summed E-state index contributed by atoms with van der Waals surface area (Å²) >= 11 is 0. The van der Waals surface area contributed by atoms with Gasteiger partial charge in [-0.3, -0.25) is 9.97 Å². The van der Waals surface area contributed by atoms with Gasteiger partial charge in [0.2, 0.25) is 0 Å². The second-order valence-electron chi connectivity index (χ2n) is 17.1. The van der Waals surface area contributed by atoms with Gasteiger partial charge in [-0.1, -0.05) is 127 Å². The van der Waals surface area contributed by atoms with Gasteiger partial charge in [0.1, 0.15) is 11.4 Å². The quantitative estimate of drug-likeness (QED) is 0.122. The molecular weight excluding hydrogens is 1230 g/mol. The summed E-state index contributed by atoms with van der Waals surface area (Å²) < 4.78 is 8.14. The van der Waals surface area contributed by atoms with Gasteiger partial charge in [0, 0.05) is 59.2 Å². The monoisotopic (exact) mass is 1260 g/mol. The van der Waals surface area contributed by atoms with Gasteiger partial charge in [0.05, 0.1) is 22.2 Å². The fourth-order valence-electron chi connectivity index (χ4n) is 10.8. The van der Waals surface area contributed by atoms with Crippen LogP contribution in [0.15, 0.2) is 195 Å². The molecule has 10 aromatic rings. The van der Waals surface area contributed by atoms with Crippen LogP contribution in [0.5, 0.6) is 0 Å². The van der Waals surface area contributed by atoms with E-state index in [1.165, 1.54) is 0 Å². The maximum Gasteiger partial charge on any atom is 2.00 e. The number of benzene rings is 6. The first kappa shape index (κ1) is 44.7. The third-order valence-corrected chi connectivity index (χ3v) is 13.6. The van der Waals surface area contributed by atoms with Crippen LogP contribution in [0, 0.1) is 12.1 Å². The van der Waals surface area contributed by atoms with E-state index in [1.807, 2.05) is 84.2 Å². The van der Waals surface area contributed by atoms with E-state index in [0.29, 0.717) is 0 Å². The maximum absolute atomic E-state index is 4.91. The van der Waals surface area contributed by atoms with Crippen LogP contribution in [0.4, 0.5) is 34.1 Å². The Morgan fingerprint density at radius 1 is 0.429 bits per heavy atom. The molecule has 0 N–H and O–H groups in total. The number of hydrogen-bond donors (Lipinski definition) is 0. The minimum absolute atomic E-state index is 0. The second kappa shape index (κ2) is 17.6. The van der Waals surface area contributed by atoms with Crippen LogP contribution < -0.4 is 19.3 Å². The van der Waals surface area contributed by atoms with Crippen LogP contribution in [-0.2, 0) is 53.0 Å². The third kappa shape index (κ3) is 6.49. The van der Waals surface area contributed by atoms with E-state index in [4.69, 9.17) is 9.97 Å². The van der Waals surface area contributed by atoms with Gasteiger partial charge < -0.3 is 20.4 Å². The SMILES string of the molecule is C[N+]1=C=[N+](c2[c-]c(C3(c4cc[n-]n4)c4ccccc4-c4cccnc43)ccc2)c2ccccc21.C[N+]1=C=[N+](c2[c-]c(C3(c4cc[n-]n4)c4ccccc4-c4cccnc43)ccc2)c2ccccc21.[Pt+2].[Pt+2]. The molecule has 2 unspecified atom stereocenters. The summed E-state index contributed by atoms with van der Waals surface area (Å²) in [5, 5.41) is 17.5. The van der Waals surface area contributed by atoms with E-state index in [9.17, 15) is 0 Å². The minimum Gasteiger partial charge on any atom is -0.581 e. The summed E-state index contributed by atoms with van der Waals surface area (Å²) in [6.07, 6.45) is 7.20. The molecule has 2 aliphatic heterocycles. The molecule has 0 bridgehead atoms. The van der Waals surface area contributed by atoms with Crippen molar-refractivity contribution in [1.29, 1.82) is 0 Å². The predicted octanol–water partition coefficient (Wildman–Crippen LogP) is 9.78. The van der Waals surface area contributed by atoms with Crippen molar-refractivity contribution in [3.63, 3.8) is 0 Å². The van der Waals surface area contributed by atoms with E-state index < -0.39 is 10.8 Å². The Bertz CT molecular complexity index is 3480. The Kier molecular flexibility index (Phi) is 11.2. The number of para-hydroxylation sites is 4. The fourth-order valence-corrected chi connectivity index (χ4v) is 10.8. The van der Waals surface area contributed by atoms with Gasteiger partial charge in [0.15, 0.2) is 14.1 Å². The molecule has 0 saturated carbocycles. The zero-order chi connectivity index (χ0) is 45.4. The van der Waals surface area contributed by atoms with Crippen molar-refractivity contribution in [3.05, 3.63) is 252 Å². The Morgan fingerprint density at radius 3 is 1.26 bits per heavy atom. The van der Waals surface area contributed by atoms with Gasteiger partial charge in [0.25, 0.3) is 22.7 Å². The molecule has 6 heterocycles. The van der Waals surface area contributed by atoms with Crippen LogP contribution in [-0.4, -0.2) is 55.4 Å². The van der Waals surface area contributed by atoms with E-state index in [2.05, 4.69) is 175 Å². The minimum atomic E-state index is -0.704. The van der Waals surface area contributed by atoms with E-state index in [1.54, 1.807) is 12.4 Å². The van der Waals surface area contributed by atoms with Crippen LogP contribution in [0.3, 0.4) is 0 Å². The van der Waals surface area contributed by atoms with Gasteiger partial charge in [-0.25, -0.2) is 0 Å². The molecule has 70 heavy (non-hydrogen) atoms. The average Bonchev–Trinajstić information content (AvgIpc) is 4.28. The van der Waals surface area contributed by atoms with E-state index in [-0.39, 0.29) is 42.1 Å². The number of nitrogens with zero attached hydrogens (tertiary/aromatic N) is 10. The molecule has 336 valence electrons. The molecule has 10 nitrogen and oxygen atoms in total. The zero-order valence-electron chi connectivity index (χ0n) is 37.6. The van der Waals surface area contributed by atoms with Crippen molar-refractivity contribution in [3.8, 4) is 22.3 Å². The van der Waals surface area contributed by atoms with Crippen LogP contribution in [0.1, 0.15) is 45.0 Å². The molecule has 0 saturated heterocycles. The molecule has 2 atom stereocenters. The van der Waals surface area contributed by atoms with Crippen molar-refractivity contribution in [2.24, 2.45) is 0 Å². The van der Waals surface area contributed by atoms with Crippen LogP contribution in [0.25, 0.3) is 22.3 Å². The van der Waals surface area contributed by atoms with E-state index >= 15 is 0 Å². The van der Waals surface area contributed by atoms with Gasteiger partial charge >= 0.3 is 54.1 Å². The number of aromatic nitrogens is 6. The molecular formula is C58H38N10Pt2+4. The molecule has 2 aliphatic carbocycles. The normalized spacial score (nSPS) is 17.1. The molecule has 0 amide bonds. The molecule has 0 radical (unpaired) electrons. The number of pyridine rings is 2.